The van der Waals surface area contributed by atoms with Crippen LogP contribution in [0.1, 0.15) is 6.42 Å². The second kappa shape index (κ2) is 3.85. The molecular formula is C6H12INO2. The topological polar surface area (TPSA) is 32.7 Å². The summed E-state index contributed by atoms with van der Waals surface area (Å²) in [6, 6.07) is 0.273. The Kier molecular flexibility index (Phi) is 3.35. The van der Waals surface area contributed by atoms with Crippen LogP contribution in [0.25, 0.3) is 0 Å². The number of hydrogen-bond donors (Lipinski definition) is 1. The monoisotopic (exact) mass is 257 g/mol. The van der Waals surface area contributed by atoms with Gasteiger partial charge in [0.2, 0.25) is 0 Å². The molecule has 1 aliphatic heterocycles. The number of aliphatic hydroxyl groups is 1. The Morgan fingerprint density at radius 3 is 2.80 bits per heavy atom. The molecule has 1 N–H and O–H groups in total. The van der Waals surface area contributed by atoms with E-state index >= 15 is 0 Å². The average Bonchev–Trinajstić information content (AvgIpc) is 1.88. The molecule has 0 aromatic rings. The van der Waals surface area contributed by atoms with E-state index in [0.717, 1.165) is 13.0 Å². The molecule has 0 aromatic carbocycles. The highest BCUT2D eigenvalue weighted by Gasteiger charge is 2.25. The molecule has 60 valence electrons. The highest BCUT2D eigenvalue weighted by Crippen LogP contribution is 2.16. The fourth-order valence-corrected chi connectivity index (χ4v) is 1.78. The van der Waals surface area contributed by atoms with E-state index in [9.17, 15) is 5.11 Å². The summed E-state index contributed by atoms with van der Waals surface area (Å²) in [5.41, 5.74) is 0. The van der Waals surface area contributed by atoms with Crippen molar-refractivity contribution in [1.82, 2.24) is 3.11 Å². The summed E-state index contributed by atoms with van der Waals surface area (Å²) >= 11 is 2.19. The lowest BCUT2D eigenvalue weighted by Crippen LogP contribution is -2.43. The highest BCUT2D eigenvalue weighted by atomic mass is 127. The van der Waals surface area contributed by atoms with Gasteiger partial charge in [-0.15, -0.1) is 0 Å². The molecule has 1 fully saturated rings. The van der Waals surface area contributed by atoms with Gasteiger partial charge in [0, 0.05) is 35.5 Å². The van der Waals surface area contributed by atoms with Gasteiger partial charge in [-0.2, -0.15) is 0 Å². The number of aliphatic hydroxyl groups excluding tert-OH is 1. The van der Waals surface area contributed by atoms with Gasteiger partial charge in [-0.25, -0.2) is 3.11 Å². The van der Waals surface area contributed by atoms with Crippen LogP contribution in [0.5, 0.6) is 0 Å². The molecule has 0 saturated carbocycles. The zero-order chi connectivity index (χ0) is 7.56. The summed E-state index contributed by atoms with van der Waals surface area (Å²) in [6.07, 6.45) is 0.622. The van der Waals surface area contributed by atoms with Crippen molar-refractivity contribution >= 4 is 22.9 Å². The van der Waals surface area contributed by atoms with Crippen molar-refractivity contribution in [3.63, 3.8) is 0 Å². The largest absolute Gasteiger partial charge is 0.389 e. The zero-order valence-electron chi connectivity index (χ0n) is 5.96. The van der Waals surface area contributed by atoms with E-state index in [0.29, 0.717) is 6.61 Å². The van der Waals surface area contributed by atoms with Crippen molar-refractivity contribution in [1.29, 1.82) is 0 Å². The predicted octanol–water partition coefficient (Wildman–Crippen LogP) is 0.418. The van der Waals surface area contributed by atoms with E-state index < -0.39 is 0 Å². The molecule has 0 spiro atoms. The van der Waals surface area contributed by atoms with Crippen LogP contribution in [0.4, 0.5) is 0 Å². The molecular weight excluding hydrogens is 245 g/mol. The standard InChI is InChI=1S/C6H12INO2/c1-8(7)5-2-3-10-4-6(5)9/h5-6,9H,2-4H2,1H3/t5-,6+/m1/s1. The number of halogens is 1. The van der Waals surface area contributed by atoms with E-state index in [2.05, 4.69) is 22.9 Å². The molecule has 0 aromatic heterocycles. The number of nitrogens with zero attached hydrogens (tertiary/aromatic N) is 1. The van der Waals surface area contributed by atoms with Crippen molar-refractivity contribution in [3.8, 4) is 0 Å². The fraction of sp³-hybridized carbons (Fsp3) is 1.00. The first-order chi connectivity index (χ1) is 4.72. The van der Waals surface area contributed by atoms with Gasteiger partial charge in [-0.1, -0.05) is 0 Å². The van der Waals surface area contributed by atoms with Crippen molar-refractivity contribution in [2.75, 3.05) is 20.3 Å². The molecule has 1 saturated heterocycles. The van der Waals surface area contributed by atoms with Crippen LogP contribution in [0.15, 0.2) is 0 Å². The summed E-state index contributed by atoms with van der Waals surface area (Å²) in [7, 11) is 1.97. The van der Waals surface area contributed by atoms with E-state index in [1.165, 1.54) is 0 Å². The van der Waals surface area contributed by atoms with Crippen LogP contribution >= 0.6 is 22.9 Å². The Morgan fingerprint density at radius 1 is 1.70 bits per heavy atom. The molecule has 2 atom stereocenters. The minimum absolute atomic E-state index is 0.273. The van der Waals surface area contributed by atoms with E-state index in [-0.39, 0.29) is 12.1 Å². The average molecular weight is 257 g/mol. The van der Waals surface area contributed by atoms with Crippen molar-refractivity contribution in [2.24, 2.45) is 0 Å². The Balaban J connectivity index is 2.40. The molecule has 0 aliphatic carbocycles. The van der Waals surface area contributed by atoms with Crippen LogP contribution in [0.3, 0.4) is 0 Å². The molecule has 1 heterocycles. The van der Waals surface area contributed by atoms with Gasteiger partial charge in [0.15, 0.2) is 0 Å². The van der Waals surface area contributed by atoms with Crippen molar-refractivity contribution < 1.29 is 9.84 Å². The zero-order valence-corrected chi connectivity index (χ0v) is 8.11. The summed E-state index contributed by atoms with van der Waals surface area (Å²) in [4.78, 5) is 0. The van der Waals surface area contributed by atoms with E-state index in [1.54, 1.807) is 0 Å². The minimum Gasteiger partial charge on any atom is -0.389 e. The first-order valence-corrected chi connectivity index (χ1v) is 4.32. The van der Waals surface area contributed by atoms with Gasteiger partial charge < -0.3 is 9.84 Å². The summed E-state index contributed by atoms with van der Waals surface area (Å²) in [6.45, 7) is 1.26. The van der Waals surface area contributed by atoms with Gasteiger partial charge >= 0.3 is 0 Å². The van der Waals surface area contributed by atoms with Crippen molar-refractivity contribution in [3.05, 3.63) is 0 Å². The number of rotatable bonds is 1. The normalized spacial score (nSPS) is 34.8. The third kappa shape index (κ3) is 2.05. The second-order valence-corrected chi connectivity index (χ2v) is 4.05. The Labute approximate surface area is 74.8 Å². The maximum absolute atomic E-state index is 9.37. The fourth-order valence-electron chi connectivity index (χ4n) is 1.13. The molecule has 0 radical (unpaired) electrons. The van der Waals surface area contributed by atoms with Crippen molar-refractivity contribution in [2.45, 2.75) is 18.6 Å². The Hall–Kier alpha value is 0.610. The number of likely N-dealkylation sites (N-methyl/N-ethyl adjacent to an activating group) is 1. The van der Waals surface area contributed by atoms with Gasteiger partial charge in [0.25, 0.3) is 0 Å². The Bertz CT molecular complexity index is 110. The lowest BCUT2D eigenvalue weighted by Gasteiger charge is -2.31. The maximum atomic E-state index is 9.37. The number of ether oxygens (including phenoxy) is 1. The molecule has 0 unspecified atom stereocenters. The first kappa shape index (κ1) is 8.70. The third-order valence-electron chi connectivity index (χ3n) is 1.75. The smallest absolute Gasteiger partial charge is 0.0937 e. The molecule has 1 rings (SSSR count). The molecule has 4 heteroatoms. The van der Waals surface area contributed by atoms with Crippen LogP contribution < -0.4 is 0 Å². The Morgan fingerprint density at radius 2 is 2.40 bits per heavy atom. The van der Waals surface area contributed by atoms with Crippen LogP contribution in [-0.4, -0.2) is 40.6 Å². The first-order valence-electron chi connectivity index (χ1n) is 3.36. The molecule has 3 nitrogen and oxygen atoms in total. The molecule has 1 aliphatic rings. The summed E-state index contributed by atoms with van der Waals surface area (Å²) < 4.78 is 7.10. The van der Waals surface area contributed by atoms with Crippen LogP contribution in [0, 0.1) is 0 Å². The minimum atomic E-state index is -0.310. The van der Waals surface area contributed by atoms with Crippen LogP contribution in [0.2, 0.25) is 0 Å². The van der Waals surface area contributed by atoms with Gasteiger partial charge in [0.1, 0.15) is 0 Å². The number of hydrogen-bond acceptors (Lipinski definition) is 3. The maximum Gasteiger partial charge on any atom is 0.0937 e. The third-order valence-corrected chi connectivity index (χ3v) is 2.46. The molecule has 10 heavy (non-hydrogen) atoms. The van der Waals surface area contributed by atoms with Crippen LogP contribution in [-0.2, 0) is 4.74 Å². The summed E-state index contributed by atoms with van der Waals surface area (Å²) in [5.74, 6) is 0. The van der Waals surface area contributed by atoms with E-state index in [1.807, 2.05) is 10.2 Å². The quantitative estimate of drug-likeness (QED) is 0.545. The van der Waals surface area contributed by atoms with E-state index in [4.69, 9.17) is 4.74 Å². The lowest BCUT2D eigenvalue weighted by molar-refractivity contribution is -0.0379. The lowest BCUT2D eigenvalue weighted by atomic mass is 10.1. The predicted molar refractivity (Wildman–Crippen MR) is 47.0 cm³/mol. The highest BCUT2D eigenvalue weighted by molar-refractivity contribution is 14.1. The van der Waals surface area contributed by atoms with Gasteiger partial charge in [0.05, 0.1) is 12.7 Å². The summed E-state index contributed by atoms with van der Waals surface area (Å²) in [5, 5.41) is 9.37. The van der Waals surface area contributed by atoms with Gasteiger partial charge in [-0.05, 0) is 13.5 Å². The van der Waals surface area contributed by atoms with Gasteiger partial charge in [-0.3, -0.25) is 0 Å². The molecule has 0 bridgehead atoms. The SMILES string of the molecule is CN(I)[C@@H]1CCOC[C@@H]1O. The second-order valence-electron chi connectivity index (χ2n) is 2.52. The molecule has 0 amide bonds.